The smallest absolute Gasteiger partial charge is 0.255 e. The van der Waals surface area contributed by atoms with Crippen molar-refractivity contribution in [3.8, 4) is 0 Å². The van der Waals surface area contributed by atoms with E-state index in [1.54, 1.807) is 4.90 Å². The summed E-state index contributed by atoms with van der Waals surface area (Å²) < 4.78 is 1.96. The number of nitrogens with one attached hydrogen (secondary N) is 3. The number of aromatic nitrogens is 2. The van der Waals surface area contributed by atoms with Crippen molar-refractivity contribution in [2.75, 3.05) is 18.4 Å². The van der Waals surface area contributed by atoms with Gasteiger partial charge in [0.2, 0.25) is 11.8 Å². The average Bonchev–Trinajstić information content (AvgIpc) is 3.24. The summed E-state index contributed by atoms with van der Waals surface area (Å²) in [6.45, 7) is 2.84. The molecule has 0 radical (unpaired) electrons. The van der Waals surface area contributed by atoms with Crippen LogP contribution in [-0.4, -0.2) is 51.5 Å². The largest absolute Gasteiger partial charge is 0.365 e. The van der Waals surface area contributed by atoms with Gasteiger partial charge in [0, 0.05) is 50.4 Å². The van der Waals surface area contributed by atoms with Crippen LogP contribution in [0.2, 0.25) is 0 Å². The summed E-state index contributed by atoms with van der Waals surface area (Å²) >= 11 is 0. The first-order chi connectivity index (χ1) is 14.1. The number of hydrogen-bond donors (Lipinski definition) is 3. The number of benzene rings is 1. The van der Waals surface area contributed by atoms with Gasteiger partial charge in [-0.2, -0.15) is 5.10 Å². The lowest BCUT2D eigenvalue weighted by Crippen LogP contribution is -2.52. The van der Waals surface area contributed by atoms with Crippen molar-refractivity contribution in [1.29, 1.82) is 0 Å². The highest BCUT2D eigenvalue weighted by atomic mass is 16.2. The van der Waals surface area contributed by atoms with Crippen molar-refractivity contribution >= 4 is 23.5 Å². The number of piperidine rings is 1. The highest BCUT2D eigenvalue weighted by Crippen LogP contribution is 2.28. The molecule has 150 valence electrons. The van der Waals surface area contributed by atoms with Crippen LogP contribution in [0, 0.1) is 0 Å². The van der Waals surface area contributed by atoms with Crippen molar-refractivity contribution in [1.82, 2.24) is 25.3 Å². The fourth-order valence-electron chi connectivity index (χ4n) is 4.00. The van der Waals surface area contributed by atoms with Gasteiger partial charge < -0.3 is 15.5 Å². The molecule has 1 aromatic heterocycles. The van der Waals surface area contributed by atoms with Crippen molar-refractivity contribution in [3.05, 3.63) is 47.2 Å². The maximum atomic E-state index is 12.9. The monoisotopic (exact) mass is 394 g/mol. The summed E-state index contributed by atoms with van der Waals surface area (Å²) in [5.41, 5.74) is 2.51. The lowest BCUT2D eigenvalue weighted by atomic mass is 10.0. The number of hydrogen-bond acceptors (Lipinski definition) is 6. The minimum Gasteiger partial charge on any atom is -0.365 e. The molecule has 29 heavy (non-hydrogen) atoms. The summed E-state index contributed by atoms with van der Waals surface area (Å²) in [6.07, 6.45) is 2.60. The summed E-state index contributed by atoms with van der Waals surface area (Å²) in [5.74, 6) is -0.0201. The Morgan fingerprint density at radius 3 is 2.79 bits per heavy atom. The Hall–Kier alpha value is -3.20. The third kappa shape index (κ3) is 3.27. The molecule has 3 amide bonds. The molecule has 2 saturated heterocycles. The Labute approximate surface area is 167 Å². The van der Waals surface area contributed by atoms with Crippen molar-refractivity contribution in [2.45, 2.75) is 38.0 Å². The molecule has 9 heteroatoms. The molecule has 3 aliphatic heterocycles. The third-order valence-corrected chi connectivity index (χ3v) is 5.81. The summed E-state index contributed by atoms with van der Waals surface area (Å²) in [6, 6.07) is 7.58. The average molecular weight is 394 g/mol. The van der Waals surface area contributed by atoms with E-state index in [2.05, 4.69) is 21.0 Å². The molecule has 2 fully saturated rings. The van der Waals surface area contributed by atoms with E-state index < -0.39 is 6.04 Å². The second kappa shape index (κ2) is 7.00. The first-order valence-corrected chi connectivity index (χ1v) is 9.85. The number of fused-ring (bicyclic) bond motifs is 1. The van der Waals surface area contributed by atoms with E-state index in [1.807, 2.05) is 35.1 Å². The Balaban J connectivity index is 1.26. The highest BCUT2D eigenvalue weighted by molar-refractivity contribution is 6.05. The SMILES string of the molecule is O=C1CCC(N2Cc3ccc(CNc4ccn(C5CNC5)n4)cc3C2=O)C(=O)N1. The standard InChI is InChI=1S/C20H22N6O3/c27-18-4-3-16(19(28)23-18)25-11-13-2-1-12(7-15(13)20(25)29)8-22-17-5-6-26(24-17)14-9-21-10-14/h1-2,5-7,14,16,21H,3-4,8-11H2,(H,22,24)(H,23,27,28). The molecule has 1 aromatic carbocycles. The molecule has 9 nitrogen and oxygen atoms in total. The number of anilines is 1. The van der Waals surface area contributed by atoms with Gasteiger partial charge in [-0.05, 0) is 23.6 Å². The van der Waals surface area contributed by atoms with Crippen LogP contribution in [0.4, 0.5) is 5.82 Å². The molecular formula is C20H22N6O3. The number of imide groups is 1. The molecule has 5 rings (SSSR count). The van der Waals surface area contributed by atoms with Gasteiger partial charge >= 0.3 is 0 Å². The van der Waals surface area contributed by atoms with Gasteiger partial charge in [-0.1, -0.05) is 12.1 Å². The number of carbonyl (C=O) groups excluding carboxylic acids is 3. The van der Waals surface area contributed by atoms with E-state index >= 15 is 0 Å². The van der Waals surface area contributed by atoms with Crippen molar-refractivity contribution in [2.24, 2.45) is 0 Å². The van der Waals surface area contributed by atoms with E-state index in [0.29, 0.717) is 31.1 Å². The Kier molecular flexibility index (Phi) is 4.31. The van der Waals surface area contributed by atoms with Gasteiger partial charge in [0.15, 0.2) is 0 Å². The van der Waals surface area contributed by atoms with Gasteiger partial charge in [0.1, 0.15) is 11.9 Å². The number of carbonyl (C=O) groups is 3. The fraction of sp³-hybridized carbons (Fsp3) is 0.400. The first-order valence-electron chi connectivity index (χ1n) is 9.85. The molecule has 3 aliphatic rings. The van der Waals surface area contributed by atoms with Crippen molar-refractivity contribution < 1.29 is 14.4 Å². The summed E-state index contributed by atoms with van der Waals surface area (Å²) in [7, 11) is 0. The minimum atomic E-state index is -0.584. The molecule has 3 N–H and O–H groups in total. The van der Waals surface area contributed by atoms with Crippen LogP contribution in [0.3, 0.4) is 0 Å². The van der Waals surface area contributed by atoms with Gasteiger partial charge in [0.05, 0.1) is 6.04 Å². The van der Waals surface area contributed by atoms with Crippen LogP contribution in [0.5, 0.6) is 0 Å². The van der Waals surface area contributed by atoms with Crippen LogP contribution in [0.1, 0.15) is 40.4 Å². The Bertz CT molecular complexity index is 996. The van der Waals surface area contributed by atoms with E-state index in [1.165, 1.54) is 0 Å². The quantitative estimate of drug-likeness (QED) is 0.634. The second-order valence-corrected chi connectivity index (χ2v) is 7.74. The van der Waals surface area contributed by atoms with Gasteiger partial charge in [-0.15, -0.1) is 0 Å². The molecule has 1 unspecified atom stereocenters. The molecule has 0 bridgehead atoms. The predicted molar refractivity (Wildman–Crippen MR) is 104 cm³/mol. The van der Waals surface area contributed by atoms with Gasteiger partial charge in [-0.3, -0.25) is 24.4 Å². The van der Waals surface area contributed by atoms with Gasteiger partial charge in [0.25, 0.3) is 5.91 Å². The van der Waals surface area contributed by atoms with E-state index in [9.17, 15) is 14.4 Å². The second-order valence-electron chi connectivity index (χ2n) is 7.74. The predicted octanol–water partition coefficient (Wildman–Crippen LogP) is 0.401. The zero-order chi connectivity index (χ0) is 20.0. The van der Waals surface area contributed by atoms with Crippen LogP contribution in [0.25, 0.3) is 0 Å². The number of rotatable bonds is 5. The first kappa shape index (κ1) is 17.9. The van der Waals surface area contributed by atoms with Crippen LogP contribution in [-0.2, 0) is 22.7 Å². The minimum absolute atomic E-state index is 0.155. The van der Waals surface area contributed by atoms with Crippen LogP contribution < -0.4 is 16.0 Å². The molecule has 0 aliphatic carbocycles. The topological polar surface area (TPSA) is 108 Å². The molecule has 4 heterocycles. The molecule has 0 saturated carbocycles. The zero-order valence-electron chi connectivity index (χ0n) is 15.9. The van der Waals surface area contributed by atoms with Crippen LogP contribution in [0.15, 0.2) is 30.5 Å². The lowest BCUT2D eigenvalue weighted by Gasteiger charge is -2.29. The van der Waals surface area contributed by atoms with Crippen molar-refractivity contribution in [3.63, 3.8) is 0 Å². The molecule has 0 spiro atoms. The lowest BCUT2D eigenvalue weighted by molar-refractivity contribution is -0.136. The third-order valence-electron chi connectivity index (χ3n) is 5.81. The number of amides is 3. The Morgan fingerprint density at radius 2 is 2.03 bits per heavy atom. The van der Waals surface area contributed by atoms with E-state index in [-0.39, 0.29) is 24.1 Å². The summed E-state index contributed by atoms with van der Waals surface area (Å²) in [5, 5.41) is 13.4. The molecule has 1 atom stereocenters. The van der Waals surface area contributed by atoms with E-state index in [4.69, 9.17) is 0 Å². The zero-order valence-corrected chi connectivity index (χ0v) is 15.9. The maximum absolute atomic E-state index is 12.9. The Morgan fingerprint density at radius 1 is 1.17 bits per heavy atom. The highest BCUT2D eigenvalue weighted by Gasteiger charge is 2.39. The number of nitrogens with zero attached hydrogens (tertiary/aromatic N) is 3. The molecular weight excluding hydrogens is 372 g/mol. The van der Waals surface area contributed by atoms with Gasteiger partial charge in [-0.25, -0.2) is 0 Å². The van der Waals surface area contributed by atoms with E-state index in [0.717, 1.165) is 30.0 Å². The normalized spacial score (nSPS) is 21.7. The fourth-order valence-corrected chi connectivity index (χ4v) is 4.00. The molecule has 2 aromatic rings. The van der Waals surface area contributed by atoms with Crippen LogP contribution >= 0.6 is 0 Å². The maximum Gasteiger partial charge on any atom is 0.255 e. The summed E-state index contributed by atoms with van der Waals surface area (Å²) in [4.78, 5) is 38.0.